The molecule has 0 atom stereocenters. The van der Waals surface area contributed by atoms with Gasteiger partial charge in [0.1, 0.15) is 12.4 Å². The zero-order chi connectivity index (χ0) is 12.8. The van der Waals surface area contributed by atoms with Crippen molar-refractivity contribution in [3.8, 4) is 5.75 Å². The number of rotatable bonds is 5. The van der Waals surface area contributed by atoms with E-state index in [0.29, 0.717) is 0 Å². The van der Waals surface area contributed by atoms with E-state index in [1.54, 1.807) is 0 Å². The number of benzene rings is 2. The second-order valence-corrected chi connectivity index (χ2v) is 4.30. The topological polar surface area (TPSA) is 26.3 Å². The van der Waals surface area contributed by atoms with Crippen molar-refractivity contribution in [3.63, 3.8) is 0 Å². The molecule has 18 heavy (non-hydrogen) atoms. The Kier molecular flexibility index (Phi) is 4.13. The van der Waals surface area contributed by atoms with Crippen molar-refractivity contribution in [2.75, 3.05) is 6.61 Å². The minimum Gasteiger partial charge on any atom is -0.486 e. The van der Waals surface area contributed by atoms with E-state index >= 15 is 0 Å². The first-order chi connectivity index (χ1) is 8.74. The largest absolute Gasteiger partial charge is 0.486 e. The fourth-order valence-electron chi connectivity index (χ4n) is 1.72. The lowest BCUT2D eigenvalue weighted by Gasteiger charge is -2.05. The van der Waals surface area contributed by atoms with Crippen molar-refractivity contribution in [1.82, 2.24) is 0 Å². The van der Waals surface area contributed by atoms with E-state index < -0.39 is 0 Å². The summed E-state index contributed by atoms with van der Waals surface area (Å²) in [5.41, 5.74) is 2.52. The Bertz CT molecular complexity index is 500. The first-order valence-corrected chi connectivity index (χ1v) is 5.99. The molecule has 92 valence electrons. The number of hydrogen-bond acceptors (Lipinski definition) is 2. The van der Waals surface area contributed by atoms with Crippen molar-refractivity contribution < 1.29 is 9.53 Å². The lowest BCUT2D eigenvalue weighted by molar-refractivity contribution is -0.118. The van der Waals surface area contributed by atoms with Gasteiger partial charge in [0.05, 0.1) is 0 Å². The molecule has 2 aromatic carbocycles. The summed E-state index contributed by atoms with van der Waals surface area (Å²) in [4.78, 5) is 10.8. The van der Waals surface area contributed by atoms with Crippen LogP contribution >= 0.6 is 0 Å². The molecule has 0 saturated carbocycles. The monoisotopic (exact) mass is 240 g/mol. The van der Waals surface area contributed by atoms with Gasteiger partial charge in [-0.25, -0.2) is 0 Å². The molecule has 0 aliphatic heterocycles. The zero-order valence-electron chi connectivity index (χ0n) is 10.4. The summed E-state index contributed by atoms with van der Waals surface area (Å²) in [5.74, 6) is 0.769. The fraction of sp³-hybridized carbons (Fsp3) is 0.188. The third-order valence-corrected chi connectivity index (χ3v) is 2.62. The molecule has 0 amide bonds. The van der Waals surface area contributed by atoms with Gasteiger partial charge in [-0.2, -0.15) is 0 Å². The summed E-state index contributed by atoms with van der Waals surface area (Å²) in [7, 11) is 0. The molecule has 2 aromatic rings. The molecule has 0 fully saturated rings. The molecular formula is C16H16O2. The van der Waals surface area contributed by atoms with Crippen LogP contribution in [0, 0.1) is 0 Å². The lowest BCUT2D eigenvalue weighted by atomic mass is 10.1. The second kappa shape index (κ2) is 6.01. The highest BCUT2D eigenvalue weighted by Gasteiger charge is 1.99. The highest BCUT2D eigenvalue weighted by atomic mass is 16.5. The van der Waals surface area contributed by atoms with Crippen LogP contribution in [0.4, 0.5) is 0 Å². The fourth-order valence-corrected chi connectivity index (χ4v) is 1.72. The van der Waals surface area contributed by atoms with Crippen molar-refractivity contribution >= 4 is 5.78 Å². The first kappa shape index (κ1) is 12.4. The van der Waals surface area contributed by atoms with Gasteiger partial charge in [0, 0.05) is 0 Å². The van der Waals surface area contributed by atoms with Gasteiger partial charge in [0.2, 0.25) is 0 Å². The van der Waals surface area contributed by atoms with Crippen LogP contribution < -0.4 is 4.74 Å². The molecule has 2 nitrogen and oxygen atoms in total. The molecule has 0 aliphatic carbocycles. The van der Waals surface area contributed by atoms with Gasteiger partial charge in [-0.05, 0) is 36.6 Å². The summed E-state index contributed by atoms with van der Waals surface area (Å²) in [6.45, 7) is 1.65. The van der Waals surface area contributed by atoms with E-state index in [4.69, 9.17) is 4.74 Å². The van der Waals surface area contributed by atoms with E-state index in [1.807, 2.05) is 42.5 Å². The molecule has 0 radical (unpaired) electrons. The maximum absolute atomic E-state index is 10.8. The van der Waals surface area contributed by atoms with Crippen molar-refractivity contribution in [2.45, 2.75) is 13.3 Å². The molecule has 0 heterocycles. The molecular weight excluding hydrogens is 224 g/mol. The minimum atomic E-state index is 0.0309. The van der Waals surface area contributed by atoms with Crippen molar-refractivity contribution in [2.24, 2.45) is 0 Å². The summed E-state index contributed by atoms with van der Waals surface area (Å²) in [6, 6.07) is 18.2. The maximum Gasteiger partial charge on any atom is 0.167 e. The zero-order valence-corrected chi connectivity index (χ0v) is 10.4. The molecule has 0 bridgehead atoms. The summed E-state index contributed by atoms with van der Waals surface area (Å²) >= 11 is 0. The number of Topliss-reactive ketones (excluding diaryl/α,β-unsaturated/α-hetero) is 1. The smallest absolute Gasteiger partial charge is 0.167 e. The molecule has 0 unspecified atom stereocenters. The summed E-state index contributed by atoms with van der Waals surface area (Å²) in [5, 5.41) is 0. The molecule has 0 saturated heterocycles. The minimum absolute atomic E-state index is 0.0309. The number of carbonyl (C=O) groups excluding carboxylic acids is 1. The number of ether oxygens (including phenoxy) is 1. The maximum atomic E-state index is 10.8. The SMILES string of the molecule is CC(=O)COc1ccc(Cc2ccccc2)cc1. The Hall–Kier alpha value is -2.09. The third kappa shape index (κ3) is 3.74. The van der Waals surface area contributed by atoms with Crippen LogP contribution in [0.1, 0.15) is 18.1 Å². The highest BCUT2D eigenvalue weighted by Crippen LogP contribution is 2.15. The van der Waals surface area contributed by atoms with Gasteiger partial charge in [-0.15, -0.1) is 0 Å². The Morgan fingerprint density at radius 3 is 2.17 bits per heavy atom. The Morgan fingerprint density at radius 2 is 1.56 bits per heavy atom. The third-order valence-electron chi connectivity index (χ3n) is 2.62. The van der Waals surface area contributed by atoms with Gasteiger partial charge in [-0.1, -0.05) is 42.5 Å². The Labute approximate surface area is 107 Å². The average Bonchev–Trinajstić information content (AvgIpc) is 2.39. The van der Waals surface area contributed by atoms with Gasteiger partial charge < -0.3 is 4.74 Å². The molecule has 0 spiro atoms. The molecule has 0 aromatic heterocycles. The van der Waals surface area contributed by atoms with Crippen LogP contribution in [-0.2, 0) is 11.2 Å². The second-order valence-electron chi connectivity index (χ2n) is 4.30. The normalized spacial score (nSPS) is 10.1. The molecule has 2 rings (SSSR count). The van der Waals surface area contributed by atoms with Gasteiger partial charge in [-0.3, -0.25) is 4.79 Å². The van der Waals surface area contributed by atoms with Crippen LogP contribution in [0.5, 0.6) is 5.75 Å². The van der Waals surface area contributed by atoms with E-state index in [9.17, 15) is 4.79 Å². The quantitative estimate of drug-likeness (QED) is 0.802. The average molecular weight is 240 g/mol. The van der Waals surface area contributed by atoms with Crippen LogP contribution in [0.2, 0.25) is 0 Å². The van der Waals surface area contributed by atoms with E-state index in [0.717, 1.165) is 12.2 Å². The highest BCUT2D eigenvalue weighted by molar-refractivity contribution is 5.77. The lowest BCUT2D eigenvalue weighted by Crippen LogP contribution is -2.06. The Morgan fingerprint density at radius 1 is 0.944 bits per heavy atom. The number of hydrogen-bond donors (Lipinski definition) is 0. The van der Waals surface area contributed by atoms with Crippen LogP contribution in [0.25, 0.3) is 0 Å². The molecule has 0 aliphatic rings. The molecule has 2 heteroatoms. The van der Waals surface area contributed by atoms with Gasteiger partial charge in [0.25, 0.3) is 0 Å². The van der Waals surface area contributed by atoms with E-state index in [2.05, 4.69) is 12.1 Å². The van der Waals surface area contributed by atoms with Gasteiger partial charge in [0.15, 0.2) is 5.78 Å². The standard InChI is InChI=1S/C16H16O2/c1-13(17)12-18-16-9-7-15(8-10-16)11-14-5-3-2-4-6-14/h2-10H,11-12H2,1H3. The Balaban J connectivity index is 1.97. The summed E-state index contributed by atoms with van der Waals surface area (Å²) < 4.78 is 5.32. The van der Waals surface area contributed by atoms with Crippen LogP contribution in [0.15, 0.2) is 54.6 Å². The number of ketones is 1. The summed E-state index contributed by atoms with van der Waals surface area (Å²) in [6.07, 6.45) is 0.911. The van der Waals surface area contributed by atoms with Gasteiger partial charge >= 0.3 is 0 Å². The van der Waals surface area contributed by atoms with Crippen molar-refractivity contribution in [3.05, 3.63) is 65.7 Å². The van der Waals surface area contributed by atoms with Crippen molar-refractivity contribution in [1.29, 1.82) is 0 Å². The van der Waals surface area contributed by atoms with E-state index in [1.165, 1.54) is 18.1 Å². The van der Waals surface area contributed by atoms with E-state index in [-0.39, 0.29) is 12.4 Å². The predicted octanol–water partition coefficient (Wildman–Crippen LogP) is 3.25. The number of carbonyl (C=O) groups is 1. The van der Waals surface area contributed by atoms with Crippen LogP contribution in [0.3, 0.4) is 0 Å². The predicted molar refractivity (Wildman–Crippen MR) is 71.9 cm³/mol. The van der Waals surface area contributed by atoms with Crippen LogP contribution in [-0.4, -0.2) is 12.4 Å². The molecule has 0 N–H and O–H groups in total. The first-order valence-electron chi connectivity index (χ1n) is 5.99.